The van der Waals surface area contributed by atoms with Crippen LogP contribution in [-0.2, 0) is 0 Å². The molecule has 2 aromatic rings. The second-order valence-corrected chi connectivity index (χ2v) is 2.76. The van der Waals surface area contributed by atoms with Gasteiger partial charge in [-0.25, -0.2) is 4.79 Å². The van der Waals surface area contributed by atoms with Gasteiger partial charge in [-0.3, -0.25) is 0 Å². The number of ether oxygens (including phenoxy) is 1. The van der Waals surface area contributed by atoms with Gasteiger partial charge in [0.25, 0.3) is 0 Å². The Balaban J connectivity index is 2.76. The van der Waals surface area contributed by atoms with Crippen molar-refractivity contribution < 1.29 is 14.6 Å². The van der Waals surface area contributed by atoms with Crippen LogP contribution in [0.4, 0.5) is 0 Å². The van der Waals surface area contributed by atoms with Crippen LogP contribution in [0.1, 0.15) is 10.4 Å². The van der Waals surface area contributed by atoms with Crippen molar-refractivity contribution in [3.8, 4) is 5.88 Å². The zero-order valence-electron chi connectivity index (χ0n) is 7.44. The minimum Gasteiger partial charge on any atom is -0.481 e. The maximum atomic E-state index is 10.9. The molecule has 0 bridgehead atoms. The van der Waals surface area contributed by atoms with E-state index >= 15 is 0 Å². The Bertz CT molecular complexity index is 490. The molecule has 0 aliphatic rings. The highest BCUT2D eigenvalue weighted by atomic mass is 16.5. The molecule has 0 aliphatic carbocycles. The van der Waals surface area contributed by atoms with E-state index in [2.05, 4.69) is 9.97 Å². The molecule has 5 heteroatoms. The summed E-state index contributed by atoms with van der Waals surface area (Å²) in [6, 6.07) is 3.07. The molecule has 0 saturated carbocycles. The zero-order chi connectivity index (χ0) is 10.1. The van der Waals surface area contributed by atoms with Crippen molar-refractivity contribution >= 4 is 17.0 Å². The SMILES string of the molecule is COc1cc(C(=O)O)c2cc[nH]c2n1. The van der Waals surface area contributed by atoms with Gasteiger partial charge in [-0.1, -0.05) is 0 Å². The molecule has 0 atom stereocenters. The normalized spacial score (nSPS) is 10.4. The van der Waals surface area contributed by atoms with Gasteiger partial charge < -0.3 is 14.8 Å². The molecule has 0 radical (unpaired) electrons. The summed E-state index contributed by atoms with van der Waals surface area (Å²) in [4.78, 5) is 17.8. The highest BCUT2D eigenvalue weighted by molar-refractivity contribution is 6.02. The number of aromatic nitrogens is 2. The van der Waals surface area contributed by atoms with Crippen molar-refractivity contribution in [1.82, 2.24) is 9.97 Å². The largest absolute Gasteiger partial charge is 0.481 e. The van der Waals surface area contributed by atoms with E-state index in [1.165, 1.54) is 13.2 Å². The van der Waals surface area contributed by atoms with Crippen molar-refractivity contribution in [1.29, 1.82) is 0 Å². The fourth-order valence-electron chi connectivity index (χ4n) is 1.30. The number of methoxy groups -OCH3 is 1. The standard InChI is InChI=1S/C9H8N2O3/c1-14-7-4-6(9(12)13)5-2-3-10-8(5)11-7/h2-4H,1H3,(H,10,11)(H,12,13). The number of hydrogen-bond donors (Lipinski definition) is 2. The zero-order valence-corrected chi connectivity index (χ0v) is 7.44. The summed E-state index contributed by atoms with van der Waals surface area (Å²) in [6.07, 6.45) is 1.64. The van der Waals surface area contributed by atoms with Crippen LogP contribution in [0.25, 0.3) is 11.0 Å². The minimum absolute atomic E-state index is 0.188. The topological polar surface area (TPSA) is 75.2 Å². The van der Waals surface area contributed by atoms with Crippen LogP contribution in [0.15, 0.2) is 18.3 Å². The highest BCUT2D eigenvalue weighted by Gasteiger charge is 2.12. The molecule has 72 valence electrons. The number of aromatic amines is 1. The van der Waals surface area contributed by atoms with Crippen LogP contribution < -0.4 is 4.74 Å². The first-order chi connectivity index (χ1) is 6.72. The second-order valence-electron chi connectivity index (χ2n) is 2.76. The lowest BCUT2D eigenvalue weighted by molar-refractivity contribution is 0.0698. The first-order valence-electron chi connectivity index (χ1n) is 3.98. The third kappa shape index (κ3) is 1.19. The first-order valence-corrected chi connectivity index (χ1v) is 3.98. The third-order valence-electron chi connectivity index (χ3n) is 1.94. The average molecular weight is 192 g/mol. The fourth-order valence-corrected chi connectivity index (χ4v) is 1.30. The van der Waals surface area contributed by atoms with Gasteiger partial charge in [0, 0.05) is 17.6 Å². The van der Waals surface area contributed by atoms with Gasteiger partial charge in [-0.05, 0) is 6.07 Å². The van der Waals surface area contributed by atoms with E-state index in [-0.39, 0.29) is 11.4 Å². The number of fused-ring (bicyclic) bond motifs is 1. The quantitative estimate of drug-likeness (QED) is 0.751. The molecule has 2 rings (SSSR count). The summed E-state index contributed by atoms with van der Waals surface area (Å²) < 4.78 is 4.89. The van der Waals surface area contributed by atoms with Gasteiger partial charge >= 0.3 is 5.97 Å². The van der Waals surface area contributed by atoms with E-state index in [4.69, 9.17) is 9.84 Å². The van der Waals surface area contributed by atoms with Crippen molar-refractivity contribution in [3.05, 3.63) is 23.9 Å². The maximum Gasteiger partial charge on any atom is 0.336 e. The Hall–Kier alpha value is -2.04. The number of hydrogen-bond acceptors (Lipinski definition) is 3. The third-order valence-corrected chi connectivity index (χ3v) is 1.94. The van der Waals surface area contributed by atoms with E-state index in [9.17, 15) is 4.79 Å². The van der Waals surface area contributed by atoms with Gasteiger partial charge in [0.05, 0.1) is 12.7 Å². The monoisotopic (exact) mass is 192 g/mol. The number of nitrogens with zero attached hydrogens (tertiary/aromatic N) is 1. The van der Waals surface area contributed by atoms with Gasteiger partial charge in [0.1, 0.15) is 5.65 Å². The Morgan fingerprint density at radius 1 is 1.64 bits per heavy atom. The first kappa shape index (κ1) is 8.55. The average Bonchev–Trinajstić information content (AvgIpc) is 2.63. The molecule has 5 nitrogen and oxygen atoms in total. The number of rotatable bonds is 2. The molecule has 2 N–H and O–H groups in total. The molecular weight excluding hydrogens is 184 g/mol. The number of nitrogens with one attached hydrogen (secondary N) is 1. The Morgan fingerprint density at radius 2 is 2.43 bits per heavy atom. The van der Waals surface area contributed by atoms with Gasteiger partial charge in [0.15, 0.2) is 0 Å². The molecule has 0 spiro atoms. The van der Waals surface area contributed by atoms with Crippen LogP contribution in [-0.4, -0.2) is 28.2 Å². The summed E-state index contributed by atoms with van der Waals surface area (Å²) in [5.41, 5.74) is 0.704. The van der Waals surface area contributed by atoms with Crippen LogP contribution in [0.2, 0.25) is 0 Å². The fraction of sp³-hybridized carbons (Fsp3) is 0.111. The molecule has 0 amide bonds. The Labute approximate surface area is 79.3 Å². The number of H-pyrrole nitrogens is 1. The van der Waals surface area contributed by atoms with Crippen molar-refractivity contribution in [2.24, 2.45) is 0 Å². The number of carboxylic acids is 1. The van der Waals surface area contributed by atoms with E-state index in [1.807, 2.05) is 0 Å². The Morgan fingerprint density at radius 3 is 3.07 bits per heavy atom. The van der Waals surface area contributed by atoms with E-state index in [0.717, 1.165) is 0 Å². The lowest BCUT2D eigenvalue weighted by atomic mass is 10.2. The predicted octanol–water partition coefficient (Wildman–Crippen LogP) is 1.27. The summed E-state index contributed by atoms with van der Waals surface area (Å²) >= 11 is 0. The van der Waals surface area contributed by atoms with Gasteiger partial charge in [-0.2, -0.15) is 4.98 Å². The molecular formula is C9H8N2O3. The molecule has 2 aromatic heterocycles. The van der Waals surface area contributed by atoms with Crippen LogP contribution in [0.3, 0.4) is 0 Å². The number of carbonyl (C=O) groups is 1. The maximum absolute atomic E-state index is 10.9. The van der Waals surface area contributed by atoms with Crippen molar-refractivity contribution in [2.45, 2.75) is 0 Å². The number of aromatic carboxylic acids is 1. The van der Waals surface area contributed by atoms with Gasteiger partial charge in [-0.15, -0.1) is 0 Å². The van der Waals surface area contributed by atoms with Crippen LogP contribution in [0.5, 0.6) is 5.88 Å². The van der Waals surface area contributed by atoms with Crippen LogP contribution >= 0.6 is 0 Å². The van der Waals surface area contributed by atoms with E-state index in [1.54, 1.807) is 12.3 Å². The summed E-state index contributed by atoms with van der Waals surface area (Å²) in [5, 5.41) is 9.51. The van der Waals surface area contributed by atoms with Crippen molar-refractivity contribution in [3.63, 3.8) is 0 Å². The lowest BCUT2D eigenvalue weighted by Crippen LogP contribution is -1.99. The lowest BCUT2D eigenvalue weighted by Gasteiger charge is -2.01. The molecule has 0 aromatic carbocycles. The molecule has 0 unspecified atom stereocenters. The highest BCUT2D eigenvalue weighted by Crippen LogP contribution is 2.20. The van der Waals surface area contributed by atoms with Gasteiger partial charge in [0.2, 0.25) is 5.88 Å². The smallest absolute Gasteiger partial charge is 0.336 e. The molecule has 14 heavy (non-hydrogen) atoms. The number of pyridine rings is 1. The van der Waals surface area contributed by atoms with Crippen LogP contribution in [0, 0.1) is 0 Å². The second kappa shape index (κ2) is 3.02. The molecule has 2 heterocycles. The number of carboxylic acid groups (broad SMARTS) is 1. The molecule has 0 fully saturated rings. The summed E-state index contributed by atoms with van der Waals surface area (Å²) in [7, 11) is 1.45. The van der Waals surface area contributed by atoms with E-state index < -0.39 is 5.97 Å². The van der Waals surface area contributed by atoms with E-state index in [0.29, 0.717) is 11.0 Å². The predicted molar refractivity (Wildman–Crippen MR) is 49.6 cm³/mol. The van der Waals surface area contributed by atoms with Crippen molar-refractivity contribution in [2.75, 3.05) is 7.11 Å². The summed E-state index contributed by atoms with van der Waals surface area (Å²) in [5.74, 6) is -0.701. The molecule has 0 aliphatic heterocycles. The summed E-state index contributed by atoms with van der Waals surface area (Å²) in [6.45, 7) is 0. The minimum atomic E-state index is -0.990. The molecule has 0 saturated heterocycles. The Kier molecular flexibility index (Phi) is 1.85.